The summed E-state index contributed by atoms with van der Waals surface area (Å²) in [4.78, 5) is 22.0. The van der Waals surface area contributed by atoms with E-state index in [0.717, 1.165) is 36.0 Å². The summed E-state index contributed by atoms with van der Waals surface area (Å²) in [6.07, 6.45) is 6.52. The number of hydrogen-bond acceptors (Lipinski definition) is 8. The summed E-state index contributed by atoms with van der Waals surface area (Å²) in [5, 5.41) is 22.6. The summed E-state index contributed by atoms with van der Waals surface area (Å²) in [6, 6.07) is 6.65. The molecule has 0 bridgehead atoms. The summed E-state index contributed by atoms with van der Waals surface area (Å²) in [5.74, 6) is 3.04. The fraction of sp³-hybridized carbons (Fsp3) is 0.368. The minimum atomic E-state index is -0.419. The molecule has 1 fully saturated rings. The van der Waals surface area contributed by atoms with E-state index in [1.54, 1.807) is 18.3 Å². The van der Waals surface area contributed by atoms with Gasteiger partial charge in [-0.25, -0.2) is 4.98 Å². The van der Waals surface area contributed by atoms with E-state index in [-0.39, 0.29) is 5.69 Å². The monoisotopic (exact) mass is 392 g/mol. The predicted octanol–water partition coefficient (Wildman–Crippen LogP) is 3.28. The van der Waals surface area contributed by atoms with Gasteiger partial charge in [0, 0.05) is 23.9 Å². The maximum absolute atomic E-state index is 10.8. The highest BCUT2D eigenvalue weighted by Crippen LogP contribution is 2.36. The number of nitro groups is 1. The maximum atomic E-state index is 10.8. The molecule has 5 rings (SSSR count). The molecule has 1 aliphatic carbocycles. The van der Waals surface area contributed by atoms with Crippen LogP contribution in [0, 0.1) is 17.0 Å². The zero-order valence-electron chi connectivity index (χ0n) is 15.9. The van der Waals surface area contributed by atoms with Crippen molar-refractivity contribution in [3.63, 3.8) is 0 Å². The average molecular weight is 392 g/mol. The molecule has 0 saturated heterocycles. The van der Waals surface area contributed by atoms with E-state index in [9.17, 15) is 10.1 Å². The zero-order valence-corrected chi connectivity index (χ0v) is 15.9. The topological polar surface area (TPSA) is 115 Å². The van der Waals surface area contributed by atoms with Crippen molar-refractivity contribution in [2.24, 2.45) is 0 Å². The minimum absolute atomic E-state index is 0.0462. The Hall–Kier alpha value is -3.56. The number of aryl methyl sites for hydroxylation is 1. The van der Waals surface area contributed by atoms with Crippen LogP contribution in [0.5, 0.6) is 0 Å². The van der Waals surface area contributed by atoms with Gasteiger partial charge in [0.2, 0.25) is 5.95 Å². The van der Waals surface area contributed by atoms with Gasteiger partial charge in [-0.1, -0.05) is 12.8 Å². The standard InChI is InChI=1S/C19H20N8O2/c1-12-23-24-17-11-25(14-4-2-3-5-14)18-16(26(12)17)10-20-19(22-18)21-13-6-8-15(9-7-13)27(28)29/h6-10,14H,2-5,11H2,1H3,(H,20,21,22). The molecule has 2 aromatic heterocycles. The van der Waals surface area contributed by atoms with E-state index in [1.807, 2.05) is 11.5 Å². The number of nitrogens with one attached hydrogen (secondary N) is 1. The minimum Gasteiger partial charge on any atom is -0.344 e. The van der Waals surface area contributed by atoms with Crippen molar-refractivity contribution in [1.82, 2.24) is 24.7 Å². The van der Waals surface area contributed by atoms with Gasteiger partial charge < -0.3 is 10.2 Å². The Balaban J connectivity index is 1.51. The average Bonchev–Trinajstić information content (AvgIpc) is 3.38. The summed E-state index contributed by atoms with van der Waals surface area (Å²) in [7, 11) is 0. The van der Waals surface area contributed by atoms with Crippen LogP contribution in [-0.2, 0) is 6.54 Å². The maximum Gasteiger partial charge on any atom is 0.269 e. The van der Waals surface area contributed by atoms with Crippen LogP contribution in [0.2, 0.25) is 0 Å². The SMILES string of the molecule is Cc1nnc2n1-c1cnc(Nc3ccc([N+](=O)[O-])cc3)nc1N(C1CCCC1)C2. The number of fused-ring (bicyclic) bond motifs is 3. The van der Waals surface area contributed by atoms with Gasteiger partial charge in [-0.15, -0.1) is 10.2 Å². The van der Waals surface area contributed by atoms with Gasteiger partial charge in [-0.3, -0.25) is 14.7 Å². The first-order valence-corrected chi connectivity index (χ1v) is 9.66. The van der Waals surface area contributed by atoms with Crippen molar-refractivity contribution in [2.45, 2.75) is 45.2 Å². The Morgan fingerprint density at radius 2 is 1.93 bits per heavy atom. The van der Waals surface area contributed by atoms with E-state index < -0.39 is 4.92 Å². The summed E-state index contributed by atoms with van der Waals surface area (Å²) < 4.78 is 2.01. The Morgan fingerprint density at radius 3 is 2.66 bits per heavy atom. The Bertz CT molecular complexity index is 1070. The van der Waals surface area contributed by atoms with Gasteiger partial charge >= 0.3 is 0 Å². The summed E-state index contributed by atoms with van der Waals surface area (Å²) in [5.41, 5.74) is 1.62. The molecular weight excluding hydrogens is 372 g/mol. The van der Waals surface area contributed by atoms with Gasteiger partial charge in [-0.05, 0) is 31.9 Å². The molecule has 3 aromatic rings. The van der Waals surface area contributed by atoms with E-state index in [0.29, 0.717) is 24.2 Å². The van der Waals surface area contributed by atoms with Crippen LogP contribution < -0.4 is 10.2 Å². The van der Waals surface area contributed by atoms with Crippen LogP contribution in [0.15, 0.2) is 30.5 Å². The van der Waals surface area contributed by atoms with Crippen LogP contribution in [0.3, 0.4) is 0 Å². The highest BCUT2D eigenvalue weighted by Gasteiger charge is 2.33. The lowest BCUT2D eigenvalue weighted by atomic mass is 10.1. The number of hydrogen-bond donors (Lipinski definition) is 1. The molecule has 2 aliphatic rings. The highest BCUT2D eigenvalue weighted by molar-refractivity contribution is 5.65. The molecule has 0 unspecified atom stereocenters. The fourth-order valence-electron chi connectivity index (χ4n) is 4.16. The van der Waals surface area contributed by atoms with E-state index in [2.05, 4.69) is 25.4 Å². The van der Waals surface area contributed by atoms with Gasteiger partial charge in [0.15, 0.2) is 11.6 Å². The molecule has 0 atom stereocenters. The third-order valence-corrected chi connectivity index (χ3v) is 5.57. The number of non-ortho nitro benzene ring substituents is 1. The summed E-state index contributed by atoms with van der Waals surface area (Å²) in [6.45, 7) is 2.60. The molecule has 0 radical (unpaired) electrons. The number of rotatable bonds is 4. The van der Waals surface area contributed by atoms with E-state index >= 15 is 0 Å². The van der Waals surface area contributed by atoms with E-state index in [4.69, 9.17) is 4.98 Å². The zero-order chi connectivity index (χ0) is 20.0. The third-order valence-electron chi connectivity index (χ3n) is 5.57. The normalized spacial score (nSPS) is 15.8. The van der Waals surface area contributed by atoms with Crippen molar-refractivity contribution in [3.05, 3.63) is 52.2 Å². The van der Waals surface area contributed by atoms with Crippen LogP contribution in [0.25, 0.3) is 5.69 Å². The Kier molecular flexibility index (Phi) is 4.11. The lowest BCUT2D eigenvalue weighted by Gasteiger charge is -2.35. The number of aromatic nitrogens is 5. The lowest BCUT2D eigenvalue weighted by molar-refractivity contribution is -0.384. The second kappa shape index (κ2) is 6.80. The second-order valence-corrected chi connectivity index (χ2v) is 7.40. The molecule has 1 aliphatic heterocycles. The lowest BCUT2D eigenvalue weighted by Crippen LogP contribution is -2.38. The van der Waals surface area contributed by atoms with Crippen LogP contribution in [-0.4, -0.2) is 35.7 Å². The molecule has 148 valence electrons. The van der Waals surface area contributed by atoms with Crippen LogP contribution >= 0.6 is 0 Å². The van der Waals surface area contributed by atoms with Crippen LogP contribution in [0.1, 0.15) is 37.3 Å². The second-order valence-electron chi connectivity index (χ2n) is 7.40. The molecule has 0 spiro atoms. The van der Waals surface area contributed by atoms with Gasteiger partial charge in [0.25, 0.3) is 5.69 Å². The molecule has 29 heavy (non-hydrogen) atoms. The third kappa shape index (κ3) is 3.06. The predicted molar refractivity (Wildman–Crippen MR) is 107 cm³/mol. The first-order valence-electron chi connectivity index (χ1n) is 9.66. The molecule has 10 nitrogen and oxygen atoms in total. The molecule has 1 saturated carbocycles. The van der Waals surface area contributed by atoms with Crippen molar-refractivity contribution < 1.29 is 4.92 Å². The number of nitro benzene ring substituents is 1. The largest absolute Gasteiger partial charge is 0.344 e. The summed E-state index contributed by atoms with van der Waals surface area (Å²) >= 11 is 0. The fourth-order valence-corrected chi connectivity index (χ4v) is 4.16. The van der Waals surface area contributed by atoms with Crippen LogP contribution in [0.4, 0.5) is 23.1 Å². The molecule has 3 heterocycles. The number of nitrogens with zero attached hydrogens (tertiary/aromatic N) is 7. The van der Waals surface area contributed by atoms with E-state index in [1.165, 1.54) is 25.0 Å². The smallest absolute Gasteiger partial charge is 0.269 e. The quantitative estimate of drug-likeness (QED) is 0.531. The Morgan fingerprint density at radius 1 is 1.17 bits per heavy atom. The van der Waals surface area contributed by atoms with Gasteiger partial charge in [0.1, 0.15) is 11.5 Å². The molecule has 10 heteroatoms. The molecular formula is C19H20N8O2. The first-order chi connectivity index (χ1) is 14.1. The van der Waals surface area contributed by atoms with Gasteiger partial charge in [-0.2, -0.15) is 4.98 Å². The highest BCUT2D eigenvalue weighted by atomic mass is 16.6. The van der Waals surface area contributed by atoms with Crippen molar-refractivity contribution in [3.8, 4) is 5.69 Å². The van der Waals surface area contributed by atoms with Crippen molar-refractivity contribution >= 4 is 23.1 Å². The number of anilines is 3. The number of benzene rings is 1. The first kappa shape index (κ1) is 17.5. The molecule has 1 N–H and O–H groups in total. The molecule has 0 amide bonds. The van der Waals surface area contributed by atoms with Crippen molar-refractivity contribution in [2.75, 3.05) is 10.2 Å². The Labute approximate surface area is 166 Å². The van der Waals surface area contributed by atoms with Crippen molar-refractivity contribution in [1.29, 1.82) is 0 Å². The van der Waals surface area contributed by atoms with Gasteiger partial charge in [0.05, 0.1) is 17.7 Å². The molecule has 1 aromatic carbocycles.